The molecule has 0 radical (unpaired) electrons. The number of carbonyl (C=O) groups is 1. The summed E-state index contributed by atoms with van der Waals surface area (Å²) in [6, 6.07) is 14.8. The quantitative estimate of drug-likeness (QED) is 0.659. The summed E-state index contributed by atoms with van der Waals surface area (Å²) in [6.07, 6.45) is 6.62. The number of hydrogen-bond acceptors (Lipinski definition) is 1. The van der Waals surface area contributed by atoms with Crippen molar-refractivity contribution in [2.45, 2.75) is 51.5 Å². The third-order valence-corrected chi connectivity index (χ3v) is 5.90. The predicted octanol–water partition coefficient (Wildman–Crippen LogP) is 5.32. The molecular weight excluding hydrogens is 388 g/mol. The molecule has 0 spiro atoms. The Morgan fingerprint density at radius 3 is 2.65 bits per heavy atom. The van der Waals surface area contributed by atoms with Gasteiger partial charge in [-0.15, -0.1) is 0 Å². The van der Waals surface area contributed by atoms with Gasteiger partial charge in [0.2, 0.25) is 0 Å². The molecule has 2 amide bonds. The molecule has 1 aliphatic carbocycles. The van der Waals surface area contributed by atoms with Gasteiger partial charge in [-0.2, -0.15) is 0 Å². The molecule has 1 aliphatic rings. The number of nitrogens with one attached hydrogen (secondary N) is 2. The largest absolute Gasteiger partial charge is 0.338 e. The van der Waals surface area contributed by atoms with E-state index >= 15 is 0 Å². The molecule has 138 valence electrons. The maximum atomic E-state index is 12.3. The van der Waals surface area contributed by atoms with Crippen molar-refractivity contribution in [1.29, 1.82) is 0 Å². The van der Waals surface area contributed by atoms with Crippen molar-refractivity contribution >= 4 is 22.0 Å². The van der Waals surface area contributed by atoms with E-state index in [9.17, 15) is 4.79 Å². The van der Waals surface area contributed by atoms with Crippen LogP contribution >= 0.6 is 15.9 Å². The van der Waals surface area contributed by atoms with Crippen LogP contribution in [0.5, 0.6) is 0 Å². The first kappa shape index (κ1) is 19.0. The smallest absolute Gasteiger partial charge is 0.315 e. The third-order valence-electron chi connectivity index (χ3n) is 5.13. The molecule has 0 fully saturated rings. The zero-order valence-electron chi connectivity index (χ0n) is 15.4. The number of urea groups is 1. The Kier molecular flexibility index (Phi) is 6.73. The maximum Gasteiger partial charge on any atom is 0.315 e. The summed E-state index contributed by atoms with van der Waals surface area (Å²) < 4.78 is 1.09. The number of fused-ring (bicyclic) bond motifs is 1. The Bertz CT molecular complexity index is 760. The molecule has 3 nitrogen and oxygen atoms in total. The van der Waals surface area contributed by atoms with Gasteiger partial charge in [-0.1, -0.05) is 59.3 Å². The molecule has 0 heterocycles. The van der Waals surface area contributed by atoms with Crippen LogP contribution < -0.4 is 10.6 Å². The monoisotopic (exact) mass is 414 g/mol. The molecular formula is C22H27BrN2O. The van der Waals surface area contributed by atoms with Gasteiger partial charge in [0.1, 0.15) is 0 Å². The van der Waals surface area contributed by atoms with Crippen LogP contribution in [0.1, 0.15) is 54.5 Å². The summed E-state index contributed by atoms with van der Waals surface area (Å²) in [5.41, 5.74) is 5.36. The number of rotatable bonds is 6. The first-order valence-electron chi connectivity index (χ1n) is 9.57. The molecule has 0 saturated carbocycles. The minimum Gasteiger partial charge on any atom is -0.338 e. The number of aryl methyl sites for hydroxylation is 2. The van der Waals surface area contributed by atoms with Gasteiger partial charge in [-0.05, 0) is 66.8 Å². The summed E-state index contributed by atoms with van der Waals surface area (Å²) in [4.78, 5) is 12.3. The summed E-state index contributed by atoms with van der Waals surface area (Å²) in [5, 5.41) is 6.11. The molecule has 3 rings (SSSR count). The fourth-order valence-electron chi connectivity index (χ4n) is 3.61. The summed E-state index contributed by atoms with van der Waals surface area (Å²) >= 11 is 3.55. The van der Waals surface area contributed by atoms with Crippen molar-refractivity contribution in [3.8, 4) is 0 Å². The number of halogens is 1. The summed E-state index contributed by atoms with van der Waals surface area (Å²) in [5.74, 6) is 0. The van der Waals surface area contributed by atoms with Gasteiger partial charge >= 0.3 is 6.03 Å². The van der Waals surface area contributed by atoms with E-state index in [1.807, 2.05) is 18.2 Å². The lowest BCUT2D eigenvalue weighted by atomic mass is 9.89. The van der Waals surface area contributed by atoms with Crippen LogP contribution in [0, 0.1) is 0 Å². The van der Waals surface area contributed by atoms with Crippen molar-refractivity contribution < 1.29 is 4.79 Å². The molecule has 2 N–H and O–H groups in total. The SMILES string of the molecule is CCC(NC(=O)NCCc1ccccc1Br)c1ccc2c(c1)CCCC2. The van der Waals surface area contributed by atoms with E-state index in [0.29, 0.717) is 6.54 Å². The maximum absolute atomic E-state index is 12.3. The molecule has 1 atom stereocenters. The summed E-state index contributed by atoms with van der Waals surface area (Å²) in [7, 11) is 0. The molecule has 0 aromatic heterocycles. The molecule has 0 bridgehead atoms. The number of hydrogen-bond donors (Lipinski definition) is 2. The topological polar surface area (TPSA) is 41.1 Å². The van der Waals surface area contributed by atoms with E-state index in [1.54, 1.807) is 0 Å². The van der Waals surface area contributed by atoms with Crippen molar-refractivity contribution in [3.05, 3.63) is 69.2 Å². The molecule has 0 saturated heterocycles. The van der Waals surface area contributed by atoms with Crippen molar-refractivity contribution in [3.63, 3.8) is 0 Å². The Morgan fingerprint density at radius 2 is 1.88 bits per heavy atom. The first-order chi connectivity index (χ1) is 12.7. The van der Waals surface area contributed by atoms with Gasteiger partial charge in [0.15, 0.2) is 0 Å². The second kappa shape index (κ2) is 9.22. The van der Waals surface area contributed by atoms with Crippen LogP contribution in [0.15, 0.2) is 46.9 Å². The highest BCUT2D eigenvalue weighted by molar-refractivity contribution is 9.10. The number of amides is 2. The third kappa shape index (κ3) is 4.88. The first-order valence-corrected chi connectivity index (χ1v) is 10.4. The van der Waals surface area contributed by atoms with E-state index in [-0.39, 0.29) is 12.1 Å². The van der Waals surface area contributed by atoms with Crippen LogP contribution in [-0.2, 0) is 19.3 Å². The highest BCUT2D eigenvalue weighted by Crippen LogP contribution is 2.26. The van der Waals surface area contributed by atoms with Gasteiger partial charge in [-0.25, -0.2) is 4.79 Å². The second-order valence-corrected chi connectivity index (χ2v) is 7.79. The minimum absolute atomic E-state index is 0.0608. The second-order valence-electron chi connectivity index (χ2n) is 6.94. The predicted molar refractivity (Wildman–Crippen MR) is 110 cm³/mol. The van der Waals surface area contributed by atoms with Gasteiger partial charge in [-0.3, -0.25) is 0 Å². The number of benzene rings is 2. The Morgan fingerprint density at radius 1 is 1.12 bits per heavy atom. The van der Waals surface area contributed by atoms with Gasteiger partial charge in [0.25, 0.3) is 0 Å². The molecule has 1 unspecified atom stereocenters. The van der Waals surface area contributed by atoms with Crippen LogP contribution in [0.25, 0.3) is 0 Å². The van der Waals surface area contributed by atoms with Crippen molar-refractivity contribution in [2.24, 2.45) is 0 Å². The van der Waals surface area contributed by atoms with Crippen LogP contribution in [0.3, 0.4) is 0 Å². The normalized spacial score (nSPS) is 14.4. The van der Waals surface area contributed by atoms with Crippen LogP contribution in [0.4, 0.5) is 4.79 Å². The molecule has 26 heavy (non-hydrogen) atoms. The van der Waals surface area contributed by atoms with E-state index < -0.39 is 0 Å². The fourth-order valence-corrected chi connectivity index (χ4v) is 4.10. The lowest BCUT2D eigenvalue weighted by Gasteiger charge is -2.22. The van der Waals surface area contributed by atoms with Crippen molar-refractivity contribution in [1.82, 2.24) is 10.6 Å². The number of carbonyl (C=O) groups excluding carboxylic acids is 1. The summed E-state index contributed by atoms with van der Waals surface area (Å²) in [6.45, 7) is 2.74. The fraction of sp³-hybridized carbons (Fsp3) is 0.409. The van der Waals surface area contributed by atoms with E-state index in [2.05, 4.69) is 57.8 Å². The Hall–Kier alpha value is -1.81. The highest BCUT2D eigenvalue weighted by atomic mass is 79.9. The van der Waals surface area contributed by atoms with E-state index in [0.717, 1.165) is 23.7 Å². The molecule has 2 aromatic carbocycles. The lowest BCUT2D eigenvalue weighted by molar-refractivity contribution is 0.237. The van der Waals surface area contributed by atoms with Gasteiger partial charge < -0.3 is 10.6 Å². The van der Waals surface area contributed by atoms with Crippen LogP contribution in [-0.4, -0.2) is 12.6 Å². The minimum atomic E-state index is -0.0957. The molecule has 0 aliphatic heterocycles. The standard InChI is InChI=1S/C22H27BrN2O/c1-2-21(19-12-11-16-7-3-4-9-18(16)15-19)25-22(26)24-14-13-17-8-5-6-10-20(17)23/h5-6,8,10-12,15,21H,2-4,7,9,13-14H2,1H3,(H2,24,25,26). The van der Waals surface area contributed by atoms with Crippen LogP contribution in [0.2, 0.25) is 0 Å². The molecule has 4 heteroatoms. The zero-order valence-corrected chi connectivity index (χ0v) is 16.9. The average Bonchev–Trinajstić information content (AvgIpc) is 2.67. The highest BCUT2D eigenvalue weighted by Gasteiger charge is 2.16. The van der Waals surface area contributed by atoms with Gasteiger partial charge in [0.05, 0.1) is 6.04 Å². The lowest BCUT2D eigenvalue weighted by Crippen LogP contribution is -2.38. The zero-order chi connectivity index (χ0) is 18.4. The van der Waals surface area contributed by atoms with E-state index in [1.165, 1.54) is 41.5 Å². The Balaban J connectivity index is 1.54. The van der Waals surface area contributed by atoms with Gasteiger partial charge in [0, 0.05) is 11.0 Å². The average molecular weight is 415 g/mol. The Labute approximate surface area is 164 Å². The van der Waals surface area contributed by atoms with Crippen molar-refractivity contribution in [2.75, 3.05) is 6.54 Å². The molecule has 2 aromatic rings. The van der Waals surface area contributed by atoms with E-state index in [4.69, 9.17) is 0 Å².